The van der Waals surface area contributed by atoms with Crippen molar-refractivity contribution in [2.75, 3.05) is 0 Å². The van der Waals surface area contributed by atoms with Crippen LogP contribution in [0, 0.1) is 0 Å². The van der Waals surface area contributed by atoms with Crippen molar-refractivity contribution in [2.45, 2.75) is 51.1 Å². The second kappa shape index (κ2) is 4.13. The third-order valence-corrected chi connectivity index (χ3v) is 2.98. The van der Waals surface area contributed by atoms with Crippen LogP contribution in [0.25, 0.3) is 0 Å². The zero-order valence-electron chi connectivity index (χ0n) is 8.82. The van der Waals surface area contributed by atoms with Crippen molar-refractivity contribution < 1.29 is 0 Å². The molecule has 2 N–H and O–H groups in total. The summed E-state index contributed by atoms with van der Waals surface area (Å²) in [5.74, 6) is 0.733. The molecule has 0 saturated heterocycles. The van der Waals surface area contributed by atoms with Crippen LogP contribution in [0.5, 0.6) is 0 Å². The second-order valence-corrected chi connectivity index (χ2v) is 4.40. The van der Waals surface area contributed by atoms with Crippen LogP contribution >= 0.6 is 0 Å². The smallest absolute Gasteiger partial charge is 0.0561 e. The minimum Gasteiger partial charge on any atom is -0.326 e. The summed E-state index contributed by atoms with van der Waals surface area (Å²) >= 11 is 0. The molecule has 0 amide bonds. The third-order valence-electron chi connectivity index (χ3n) is 2.98. The van der Waals surface area contributed by atoms with Crippen LogP contribution in [0.4, 0.5) is 0 Å². The fourth-order valence-electron chi connectivity index (χ4n) is 2.34. The van der Waals surface area contributed by atoms with Gasteiger partial charge in [0.2, 0.25) is 0 Å². The molecule has 0 radical (unpaired) electrons. The maximum Gasteiger partial charge on any atom is 0.0561 e. The molecule has 0 bridgehead atoms. The van der Waals surface area contributed by atoms with Gasteiger partial charge in [-0.25, -0.2) is 0 Å². The molecule has 1 aromatic rings. The molecule has 1 unspecified atom stereocenters. The SMILES string of the molecule is CC(N)Cn1nccc1C1CCCC1. The normalized spacial score (nSPS) is 20.1. The van der Waals surface area contributed by atoms with Gasteiger partial charge in [0.05, 0.1) is 6.54 Å². The minimum absolute atomic E-state index is 0.190. The molecule has 0 spiro atoms. The minimum atomic E-state index is 0.190. The van der Waals surface area contributed by atoms with Crippen molar-refractivity contribution >= 4 is 0 Å². The van der Waals surface area contributed by atoms with Crippen LogP contribution in [-0.2, 0) is 6.54 Å². The van der Waals surface area contributed by atoms with E-state index in [1.165, 1.54) is 31.4 Å². The Balaban J connectivity index is 2.12. The maximum absolute atomic E-state index is 5.79. The Hall–Kier alpha value is -0.830. The van der Waals surface area contributed by atoms with Gasteiger partial charge in [-0.1, -0.05) is 12.8 Å². The highest BCUT2D eigenvalue weighted by Gasteiger charge is 2.20. The molecule has 0 aromatic carbocycles. The number of hydrogen-bond donors (Lipinski definition) is 1. The van der Waals surface area contributed by atoms with Gasteiger partial charge in [-0.3, -0.25) is 4.68 Å². The monoisotopic (exact) mass is 193 g/mol. The highest BCUT2D eigenvalue weighted by atomic mass is 15.3. The van der Waals surface area contributed by atoms with Crippen LogP contribution in [0.1, 0.15) is 44.2 Å². The van der Waals surface area contributed by atoms with Gasteiger partial charge in [-0.05, 0) is 25.8 Å². The summed E-state index contributed by atoms with van der Waals surface area (Å²) in [6, 6.07) is 2.34. The van der Waals surface area contributed by atoms with E-state index < -0.39 is 0 Å². The molecule has 78 valence electrons. The average Bonchev–Trinajstić information content (AvgIpc) is 2.70. The summed E-state index contributed by atoms with van der Waals surface area (Å²) < 4.78 is 2.08. The number of hydrogen-bond acceptors (Lipinski definition) is 2. The summed E-state index contributed by atoms with van der Waals surface area (Å²) in [6.07, 6.45) is 7.29. The van der Waals surface area contributed by atoms with Crippen molar-refractivity contribution in [3.63, 3.8) is 0 Å². The number of aromatic nitrogens is 2. The van der Waals surface area contributed by atoms with Gasteiger partial charge in [0, 0.05) is 23.9 Å². The van der Waals surface area contributed by atoms with Crippen LogP contribution < -0.4 is 5.73 Å². The summed E-state index contributed by atoms with van der Waals surface area (Å²) in [6.45, 7) is 2.87. The van der Waals surface area contributed by atoms with Crippen molar-refractivity contribution in [3.8, 4) is 0 Å². The Morgan fingerprint density at radius 3 is 2.93 bits per heavy atom. The zero-order valence-corrected chi connectivity index (χ0v) is 8.82. The topological polar surface area (TPSA) is 43.8 Å². The molecule has 1 aliphatic rings. The first-order chi connectivity index (χ1) is 6.77. The number of rotatable bonds is 3. The molecule has 1 saturated carbocycles. The van der Waals surface area contributed by atoms with Gasteiger partial charge in [-0.2, -0.15) is 5.10 Å². The molecule has 14 heavy (non-hydrogen) atoms. The quantitative estimate of drug-likeness (QED) is 0.796. The first kappa shape index (κ1) is 9.71. The van der Waals surface area contributed by atoms with Crippen LogP contribution in [0.2, 0.25) is 0 Å². The Kier molecular flexibility index (Phi) is 2.87. The van der Waals surface area contributed by atoms with Gasteiger partial charge in [0.1, 0.15) is 0 Å². The molecule has 3 heteroatoms. The Labute approximate surface area is 85.3 Å². The van der Waals surface area contributed by atoms with Crippen molar-refractivity contribution in [3.05, 3.63) is 18.0 Å². The molecular weight excluding hydrogens is 174 g/mol. The van der Waals surface area contributed by atoms with E-state index in [2.05, 4.69) is 15.8 Å². The van der Waals surface area contributed by atoms with Crippen LogP contribution in [0.15, 0.2) is 12.3 Å². The van der Waals surface area contributed by atoms with Gasteiger partial charge < -0.3 is 5.73 Å². The van der Waals surface area contributed by atoms with E-state index in [1.807, 2.05) is 13.1 Å². The largest absolute Gasteiger partial charge is 0.326 e. The number of nitrogens with zero attached hydrogens (tertiary/aromatic N) is 2. The van der Waals surface area contributed by atoms with E-state index >= 15 is 0 Å². The number of nitrogens with two attached hydrogens (primary N) is 1. The van der Waals surface area contributed by atoms with Crippen LogP contribution in [0.3, 0.4) is 0 Å². The Bertz CT molecular complexity index is 284. The highest BCUT2D eigenvalue weighted by Crippen LogP contribution is 2.33. The standard InChI is InChI=1S/C11H19N3/c1-9(12)8-14-11(6-7-13-14)10-4-2-3-5-10/h6-7,9-10H,2-5,8,12H2,1H3. The van der Waals surface area contributed by atoms with Gasteiger partial charge in [0.25, 0.3) is 0 Å². The molecule has 1 atom stereocenters. The van der Waals surface area contributed by atoms with E-state index in [0.717, 1.165) is 12.5 Å². The lowest BCUT2D eigenvalue weighted by Gasteiger charge is -2.14. The molecule has 1 aliphatic carbocycles. The molecule has 1 aromatic heterocycles. The van der Waals surface area contributed by atoms with Gasteiger partial charge in [0.15, 0.2) is 0 Å². The molecule has 0 aliphatic heterocycles. The van der Waals surface area contributed by atoms with Crippen LogP contribution in [-0.4, -0.2) is 15.8 Å². The second-order valence-electron chi connectivity index (χ2n) is 4.40. The van der Waals surface area contributed by atoms with Crippen molar-refractivity contribution in [1.82, 2.24) is 9.78 Å². The van der Waals surface area contributed by atoms with E-state index in [4.69, 9.17) is 5.73 Å². The van der Waals surface area contributed by atoms with Gasteiger partial charge >= 0.3 is 0 Å². The first-order valence-electron chi connectivity index (χ1n) is 5.54. The van der Waals surface area contributed by atoms with E-state index in [0.29, 0.717) is 0 Å². The Morgan fingerprint density at radius 2 is 2.29 bits per heavy atom. The molecule has 2 rings (SSSR count). The molecule has 3 nitrogen and oxygen atoms in total. The van der Waals surface area contributed by atoms with Gasteiger partial charge in [-0.15, -0.1) is 0 Å². The lowest BCUT2D eigenvalue weighted by molar-refractivity contribution is 0.497. The summed E-state index contributed by atoms with van der Waals surface area (Å²) in [4.78, 5) is 0. The van der Waals surface area contributed by atoms with E-state index in [1.54, 1.807) is 0 Å². The predicted octanol–water partition coefficient (Wildman–Crippen LogP) is 1.89. The van der Waals surface area contributed by atoms with E-state index in [-0.39, 0.29) is 6.04 Å². The Morgan fingerprint density at radius 1 is 1.57 bits per heavy atom. The van der Waals surface area contributed by atoms with Crippen molar-refractivity contribution in [2.24, 2.45) is 5.73 Å². The lowest BCUT2D eigenvalue weighted by atomic mass is 10.0. The summed E-state index contributed by atoms with van der Waals surface area (Å²) in [5.41, 5.74) is 7.18. The molecule has 1 heterocycles. The van der Waals surface area contributed by atoms with E-state index in [9.17, 15) is 0 Å². The lowest BCUT2D eigenvalue weighted by Crippen LogP contribution is -2.24. The molecule has 1 fully saturated rings. The fourth-order valence-corrected chi connectivity index (χ4v) is 2.34. The average molecular weight is 193 g/mol. The fraction of sp³-hybridized carbons (Fsp3) is 0.727. The molecular formula is C11H19N3. The summed E-state index contributed by atoms with van der Waals surface area (Å²) in [7, 11) is 0. The third kappa shape index (κ3) is 1.98. The maximum atomic E-state index is 5.79. The highest BCUT2D eigenvalue weighted by molar-refractivity contribution is 5.09. The summed E-state index contributed by atoms with van der Waals surface area (Å²) in [5, 5.41) is 4.34. The first-order valence-corrected chi connectivity index (χ1v) is 5.54. The predicted molar refractivity (Wildman–Crippen MR) is 57.1 cm³/mol. The zero-order chi connectivity index (χ0) is 9.97. The van der Waals surface area contributed by atoms with Crippen molar-refractivity contribution in [1.29, 1.82) is 0 Å².